The van der Waals surface area contributed by atoms with Gasteiger partial charge in [0.1, 0.15) is 0 Å². The fourth-order valence-corrected chi connectivity index (χ4v) is 2.66. The molecule has 21 heavy (non-hydrogen) atoms. The van der Waals surface area contributed by atoms with Gasteiger partial charge in [0.25, 0.3) is 0 Å². The summed E-state index contributed by atoms with van der Waals surface area (Å²) in [6, 6.07) is 10.6. The second-order valence-corrected chi connectivity index (χ2v) is 5.72. The molecular formula is C19H26N2. The van der Waals surface area contributed by atoms with Crippen LogP contribution in [-0.4, -0.2) is 11.5 Å². The van der Waals surface area contributed by atoms with E-state index in [-0.39, 0.29) is 0 Å². The van der Waals surface area contributed by atoms with Crippen LogP contribution >= 0.6 is 0 Å². The molecule has 1 aromatic carbocycles. The van der Waals surface area contributed by atoms with E-state index in [0.717, 1.165) is 13.0 Å². The SMILES string of the molecule is Cc1cccc(C)c1NCCCCCCc1cccnc1. The standard InChI is InChI=1S/C19H26N2/c1-16-9-7-10-17(2)19(16)21-14-6-4-3-5-11-18-12-8-13-20-15-18/h7-10,12-13,15,21H,3-6,11,14H2,1-2H3. The lowest BCUT2D eigenvalue weighted by Crippen LogP contribution is -2.04. The van der Waals surface area contributed by atoms with Gasteiger partial charge in [-0.3, -0.25) is 4.98 Å². The molecule has 0 spiro atoms. The summed E-state index contributed by atoms with van der Waals surface area (Å²) in [5, 5.41) is 3.58. The van der Waals surface area contributed by atoms with Crippen molar-refractivity contribution in [3.05, 3.63) is 59.4 Å². The van der Waals surface area contributed by atoms with Crippen molar-refractivity contribution in [3.8, 4) is 0 Å². The lowest BCUT2D eigenvalue weighted by Gasteiger charge is -2.12. The Kier molecular flexibility index (Phi) is 6.26. The minimum atomic E-state index is 1.07. The molecule has 1 N–H and O–H groups in total. The molecule has 2 nitrogen and oxygen atoms in total. The molecule has 112 valence electrons. The summed E-state index contributed by atoms with van der Waals surface area (Å²) in [6.07, 6.45) is 10.0. The summed E-state index contributed by atoms with van der Waals surface area (Å²) in [5.74, 6) is 0. The number of aromatic nitrogens is 1. The molecule has 0 atom stereocenters. The third kappa shape index (κ3) is 5.22. The second-order valence-electron chi connectivity index (χ2n) is 5.72. The average molecular weight is 282 g/mol. The van der Waals surface area contributed by atoms with Crippen LogP contribution in [0.15, 0.2) is 42.7 Å². The Morgan fingerprint density at radius 2 is 1.67 bits per heavy atom. The second kappa shape index (κ2) is 8.46. The molecule has 0 aliphatic heterocycles. The van der Waals surface area contributed by atoms with Crippen molar-refractivity contribution in [3.63, 3.8) is 0 Å². The summed E-state index contributed by atoms with van der Waals surface area (Å²) in [5.41, 5.74) is 5.34. The predicted octanol–water partition coefficient (Wildman–Crippen LogP) is 4.91. The maximum atomic E-state index is 4.15. The normalized spacial score (nSPS) is 10.6. The highest BCUT2D eigenvalue weighted by Crippen LogP contribution is 2.19. The zero-order valence-electron chi connectivity index (χ0n) is 13.2. The van der Waals surface area contributed by atoms with Gasteiger partial charge in [-0.25, -0.2) is 0 Å². The number of nitrogens with zero attached hydrogens (tertiary/aromatic N) is 1. The number of unbranched alkanes of at least 4 members (excludes halogenated alkanes) is 3. The van der Waals surface area contributed by atoms with E-state index in [1.165, 1.54) is 48.1 Å². The van der Waals surface area contributed by atoms with Gasteiger partial charge in [-0.05, 0) is 55.9 Å². The molecule has 0 radical (unpaired) electrons. The monoisotopic (exact) mass is 282 g/mol. The van der Waals surface area contributed by atoms with E-state index in [0.29, 0.717) is 0 Å². The largest absolute Gasteiger partial charge is 0.385 e. The van der Waals surface area contributed by atoms with Crippen LogP contribution in [0.2, 0.25) is 0 Å². The van der Waals surface area contributed by atoms with Gasteiger partial charge in [0.15, 0.2) is 0 Å². The molecule has 0 unspecified atom stereocenters. The van der Waals surface area contributed by atoms with Gasteiger partial charge in [0.05, 0.1) is 0 Å². The summed E-state index contributed by atoms with van der Waals surface area (Å²) >= 11 is 0. The lowest BCUT2D eigenvalue weighted by atomic mass is 10.1. The maximum Gasteiger partial charge on any atom is 0.0399 e. The first-order valence-electron chi connectivity index (χ1n) is 7.96. The molecule has 0 bridgehead atoms. The van der Waals surface area contributed by atoms with Crippen molar-refractivity contribution in [1.29, 1.82) is 0 Å². The molecule has 0 saturated carbocycles. The van der Waals surface area contributed by atoms with Gasteiger partial charge < -0.3 is 5.32 Å². The van der Waals surface area contributed by atoms with Crippen molar-refractivity contribution in [1.82, 2.24) is 4.98 Å². The van der Waals surface area contributed by atoms with Gasteiger partial charge in [-0.1, -0.05) is 37.1 Å². The summed E-state index contributed by atoms with van der Waals surface area (Å²) in [4.78, 5) is 4.15. The Morgan fingerprint density at radius 1 is 0.905 bits per heavy atom. The van der Waals surface area contributed by atoms with Gasteiger partial charge in [0.2, 0.25) is 0 Å². The number of hydrogen-bond donors (Lipinski definition) is 1. The van der Waals surface area contributed by atoms with Gasteiger partial charge in [0, 0.05) is 24.6 Å². The zero-order chi connectivity index (χ0) is 14.9. The Labute approximate surface area is 128 Å². The summed E-state index contributed by atoms with van der Waals surface area (Å²) < 4.78 is 0. The molecule has 0 saturated heterocycles. The van der Waals surface area contributed by atoms with E-state index in [2.05, 4.69) is 48.4 Å². The van der Waals surface area contributed by atoms with Crippen LogP contribution in [0, 0.1) is 13.8 Å². The minimum absolute atomic E-state index is 1.07. The van der Waals surface area contributed by atoms with Gasteiger partial charge in [-0.15, -0.1) is 0 Å². The highest BCUT2D eigenvalue weighted by atomic mass is 14.9. The van der Waals surface area contributed by atoms with Crippen LogP contribution in [0.3, 0.4) is 0 Å². The minimum Gasteiger partial charge on any atom is -0.385 e. The number of hydrogen-bond acceptors (Lipinski definition) is 2. The van der Waals surface area contributed by atoms with Crippen LogP contribution in [0.1, 0.15) is 42.4 Å². The first-order chi connectivity index (χ1) is 10.3. The van der Waals surface area contributed by atoms with E-state index in [1.807, 2.05) is 18.5 Å². The Balaban J connectivity index is 1.58. The molecule has 0 fully saturated rings. The fourth-order valence-electron chi connectivity index (χ4n) is 2.66. The maximum absolute atomic E-state index is 4.15. The number of nitrogens with one attached hydrogen (secondary N) is 1. The highest BCUT2D eigenvalue weighted by molar-refractivity contribution is 5.56. The van der Waals surface area contributed by atoms with Crippen molar-refractivity contribution in [2.75, 3.05) is 11.9 Å². The first kappa shape index (κ1) is 15.6. The third-order valence-corrected chi connectivity index (χ3v) is 3.90. The summed E-state index contributed by atoms with van der Waals surface area (Å²) in [6.45, 7) is 5.41. The Hall–Kier alpha value is -1.83. The number of benzene rings is 1. The topological polar surface area (TPSA) is 24.9 Å². The highest BCUT2D eigenvalue weighted by Gasteiger charge is 2.00. The van der Waals surface area contributed by atoms with E-state index in [9.17, 15) is 0 Å². The predicted molar refractivity (Wildman–Crippen MR) is 90.8 cm³/mol. The van der Waals surface area contributed by atoms with Gasteiger partial charge in [-0.2, -0.15) is 0 Å². The van der Waals surface area contributed by atoms with Crippen molar-refractivity contribution in [2.45, 2.75) is 46.0 Å². The Bertz CT molecular complexity index is 514. The quantitative estimate of drug-likeness (QED) is 0.696. The molecule has 0 aliphatic carbocycles. The van der Waals surface area contributed by atoms with Crippen LogP contribution in [-0.2, 0) is 6.42 Å². The molecule has 2 rings (SSSR count). The number of para-hydroxylation sites is 1. The van der Waals surface area contributed by atoms with Crippen molar-refractivity contribution in [2.24, 2.45) is 0 Å². The Morgan fingerprint density at radius 3 is 2.38 bits per heavy atom. The molecule has 1 aromatic heterocycles. The smallest absolute Gasteiger partial charge is 0.0399 e. The average Bonchev–Trinajstić information content (AvgIpc) is 2.50. The summed E-state index contributed by atoms with van der Waals surface area (Å²) in [7, 11) is 0. The first-order valence-corrected chi connectivity index (χ1v) is 7.96. The molecule has 2 heteroatoms. The molecule has 1 heterocycles. The zero-order valence-corrected chi connectivity index (χ0v) is 13.2. The van der Waals surface area contributed by atoms with E-state index in [4.69, 9.17) is 0 Å². The van der Waals surface area contributed by atoms with Crippen LogP contribution in [0.25, 0.3) is 0 Å². The molecule has 2 aromatic rings. The fraction of sp³-hybridized carbons (Fsp3) is 0.421. The van der Waals surface area contributed by atoms with E-state index < -0.39 is 0 Å². The molecule has 0 aliphatic rings. The number of anilines is 1. The van der Waals surface area contributed by atoms with E-state index >= 15 is 0 Å². The third-order valence-electron chi connectivity index (χ3n) is 3.90. The molecule has 0 amide bonds. The van der Waals surface area contributed by atoms with Crippen LogP contribution in [0.5, 0.6) is 0 Å². The lowest BCUT2D eigenvalue weighted by molar-refractivity contribution is 0.653. The van der Waals surface area contributed by atoms with Crippen molar-refractivity contribution >= 4 is 5.69 Å². The van der Waals surface area contributed by atoms with Crippen molar-refractivity contribution < 1.29 is 0 Å². The van der Waals surface area contributed by atoms with Gasteiger partial charge >= 0.3 is 0 Å². The number of rotatable bonds is 8. The number of aryl methyl sites for hydroxylation is 3. The van der Waals surface area contributed by atoms with E-state index in [1.54, 1.807) is 0 Å². The molecular weight excluding hydrogens is 256 g/mol. The van der Waals surface area contributed by atoms with Crippen LogP contribution in [0.4, 0.5) is 5.69 Å². The van der Waals surface area contributed by atoms with Crippen LogP contribution < -0.4 is 5.32 Å². The number of pyridine rings is 1.